The highest BCUT2D eigenvalue weighted by Gasteiger charge is 2.20. The Labute approximate surface area is 233 Å². The zero-order valence-corrected chi connectivity index (χ0v) is 22.5. The lowest BCUT2D eigenvalue weighted by atomic mass is 10.1. The van der Waals surface area contributed by atoms with Gasteiger partial charge in [-0.1, -0.05) is 36.4 Å². The van der Waals surface area contributed by atoms with Gasteiger partial charge in [0.2, 0.25) is 0 Å². The number of thiazole rings is 1. The lowest BCUT2D eigenvalue weighted by Crippen LogP contribution is -2.19. The summed E-state index contributed by atoms with van der Waals surface area (Å²) in [7, 11) is 0. The minimum absolute atomic E-state index is 0.0472. The standard InChI is InChI=1S/C31H23N5O3S/c1-19-8-17-26-27(18-19)40-30(33-26)22-9-11-23(12-10-22)32-20(2)28-29(21-6-4-3-5-7-21)34-35(31(28)37)24-13-15-25(16-14-24)36(38)39/h3-18,34H,1-2H3. The van der Waals surface area contributed by atoms with E-state index in [9.17, 15) is 14.9 Å². The fourth-order valence-corrected chi connectivity index (χ4v) is 5.64. The maximum Gasteiger partial charge on any atom is 0.280 e. The third-order valence-corrected chi connectivity index (χ3v) is 7.66. The Morgan fingerprint density at radius 1 is 0.950 bits per heavy atom. The first-order valence-corrected chi connectivity index (χ1v) is 13.4. The maximum atomic E-state index is 13.7. The van der Waals surface area contributed by atoms with E-state index >= 15 is 0 Å². The Hall–Kier alpha value is -5.15. The molecule has 8 nitrogen and oxygen atoms in total. The maximum absolute atomic E-state index is 13.7. The molecule has 0 aliphatic heterocycles. The minimum Gasteiger partial charge on any atom is -0.290 e. The number of hydrogen-bond donors (Lipinski definition) is 1. The summed E-state index contributed by atoms with van der Waals surface area (Å²) in [4.78, 5) is 33.8. The summed E-state index contributed by atoms with van der Waals surface area (Å²) in [5.41, 5.74) is 6.45. The summed E-state index contributed by atoms with van der Waals surface area (Å²) in [6.07, 6.45) is 0. The van der Waals surface area contributed by atoms with Gasteiger partial charge in [0.15, 0.2) is 0 Å². The van der Waals surface area contributed by atoms with Gasteiger partial charge in [0.1, 0.15) is 5.01 Å². The van der Waals surface area contributed by atoms with E-state index in [-0.39, 0.29) is 11.2 Å². The second kappa shape index (κ2) is 10.2. The number of fused-ring (bicyclic) bond motifs is 1. The second-order valence-corrected chi connectivity index (χ2v) is 10.4. The number of non-ortho nitro benzene ring substituents is 1. The Kier molecular flexibility index (Phi) is 6.41. The monoisotopic (exact) mass is 545 g/mol. The average molecular weight is 546 g/mol. The number of hydrogen-bond acceptors (Lipinski definition) is 6. The van der Waals surface area contributed by atoms with Crippen LogP contribution in [0.1, 0.15) is 18.1 Å². The van der Waals surface area contributed by atoms with Gasteiger partial charge in [-0.05, 0) is 67.9 Å². The van der Waals surface area contributed by atoms with Crippen molar-refractivity contribution in [3.63, 3.8) is 0 Å². The first-order valence-electron chi connectivity index (χ1n) is 12.6. The SMILES string of the molecule is CC(=Nc1ccc(-c2nc3ccc(C)cc3s2)cc1)c1c(-c2ccccc2)[nH]n(-c2ccc([N+](=O)[O-])cc2)c1=O. The highest BCUT2D eigenvalue weighted by atomic mass is 32.1. The molecule has 40 heavy (non-hydrogen) atoms. The number of aromatic nitrogens is 3. The van der Waals surface area contributed by atoms with Gasteiger partial charge in [0, 0.05) is 23.3 Å². The molecule has 0 bridgehead atoms. The molecule has 0 unspecified atom stereocenters. The number of benzene rings is 4. The zero-order valence-electron chi connectivity index (χ0n) is 21.7. The first-order chi connectivity index (χ1) is 19.4. The molecule has 6 rings (SSSR count). The Balaban J connectivity index is 1.38. The first kappa shape index (κ1) is 25.1. The minimum atomic E-state index is -0.470. The molecule has 6 aromatic rings. The average Bonchev–Trinajstić information content (AvgIpc) is 3.54. The third-order valence-electron chi connectivity index (χ3n) is 6.59. The van der Waals surface area contributed by atoms with Crippen molar-refractivity contribution in [2.24, 2.45) is 4.99 Å². The number of H-pyrrole nitrogens is 1. The van der Waals surface area contributed by atoms with E-state index in [1.807, 2.05) is 60.7 Å². The van der Waals surface area contributed by atoms with Gasteiger partial charge in [0.25, 0.3) is 11.2 Å². The number of nitro groups is 1. The van der Waals surface area contributed by atoms with Crippen LogP contribution in [0.4, 0.5) is 11.4 Å². The summed E-state index contributed by atoms with van der Waals surface area (Å²) >= 11 is 1.65. The lowest BCUT2D eigenvalue weighted by Gasteiger charge is -2.04. The van der Waals surface area contributed by atoms with Crippen LogP contribution in [0.5, 0.6) is 0 Å². The van der Waals surface area contributed by atoms with E-state index in [1.165, 1.54) is 22.4 Å². The smallest absolute Gasteiger partial charge is 0.280 e. The fraction of sp³-hybridized carbons (Fsp3) is 0.0645. The predicted octanol–water partition coefficient (Wildman–Crippen LogP) is 7.47. The van der Waals surface area contributed by atoms with E-state index in [0.29, 0.717) is 28.3 Å². The highest BCUT2D eigenvalue weighted by Crippen LogP contribution is 2.32. The van der Waals surface area contributed by atoms with Gasteiger partial charge in [-0.3, -0.25) is 25.0 Å². The van der Waals surface area contributed by atoms with Gasteiger partial charge in [-0.2, -0.15) is 0 Å². The molecule has 4 aromatic carbocycles. The van der Waals surface area contributed by atoms with Crippen LogP contribution in [0.3, 0.4) is 0 Å². The lowest BCUT2D eigenvalue weighted by molar-refractivity contribution is -0.384. The van der Waals surface area contributed by atoms with Crippen molar-refractivity contribution in [1.82, 2.24) is 14.8 Å². The molecule has 9 heteroatoms. The van der Waals surface area contributed by atoms with Crippen LogP contribution in [-0.4, -0.2) is 25.4 Å². The van der Waals surface area contributed by atoms with Gasteiger partial charge in [0.05, 0.1) is 43.5 Å². The largest absolute Gasteiger partial charge is 0.290 e. The number of aryl methyl sites for hydroxylation is 1. The van der Waals surface area contributed by atoms with Gasteiger partial charge >= 0.3 is 0 Å². The number of nitrogens with one attached hydrogen (secondary N) is 1. The fourth-order valence-electron chi connectivity index (χ4n) is 4.58. The van der Waals surface area contributed by atoms with Crippen molar-refractivity contribution in [2.75, 3.05) is 0 Å². The van der Waals surface area contributed by atoms with E-state index in [4.69, 9.17) is 9.98 Å². The van der Waals surface area contributed by atoms with Crippen molar-refractivity contribution in [1.29, 1.82) is 0 Å². The molecule has 1 N–H and O–H groups in total. The number of aromatic amines is 1. The molecule has 0 atom stereocenters. The van der Waals surface area contributed by atoms with E-state index in [0.717, 1.165) is 26.4 Å². The van der Waals surface area contributed by atoms with Crippen molar-refractivity contribution in [2.45, 2.75) is 13.8 Å². The quantitative estimate of drug-likeness (QED) is 0.133. The van der Waals surface area contributed by atoms with E-state index < -0.39 is 4.92 Å². The summed E-state index contributed by atoms with van der Waals surface area (Å²) < 4.78 is 2.54. The molecule has 2 heterocycles. The normalized spacial score (nSPS) is 11.7. The van der Waals surface area contributed by atoms with Crippen molar-refractivity contribution < 1.29 is 4.92 Å². The van der Waals surface area contributed by atoms with Gasteiger partial charge < -0.3 is 0 Å². The topological polar surface area (TPSA) is 106 Å². The number of rotatable bonds is 6. The molecule has 0 aliphatic carbocycles. The summed E-state index contributed by atoms with van der Waals surface area (Å²) in [6, 6.07) is 29.4. The molecule has 2 aromatic heterocycles. The zero-order chi connectivity index (χ0) is 27.8. The molecule has 0 spiro atoms. The van der Waals surface area contributed by atoms with Crippen LogP contribution in [0, 0.1) is 17.0 Å². The third kappa shape index (κ3) is 4.74. The molecule has 0 fully saturated rings. The highest BCUT2D eigenvalue weighted by molar-refractivity contribution is 7.21. The van der Waals surface area contributed by atoms with E-state index in [2.05, 4.69) is 24.2 Å². The second-order valence-electron chi connectivity index (χ2n) is 9.38. The van der Waals surface area contributed by atoms with Gasteiger partial charge in [-0.25, -0.2) is 9.67 Å². The van der Waals surface area contributed by atoms with Crippen LogP contribution in [-0.2, 0) is 0 Å². The van der Waals surface area contributed by atoms with Crippen LogP contribution >= 0.6 is 11.3 Å². The Morgan fingerprint density at radius 2 is 1.68 bits per heavy atom. The summed E-state index contributed by atoms with van der Waals surface area (Å²) in [5.74, 6) is 0. The van der Waals surface area contributed by atoms with Crippen LogP contribution in [0.2, 0.25) is 0 Å². The molecule has 0 aliphatic rings. The molecular formula is C31H23N5O3S. The Bertz CT molecular complexity index is 1950. The van der Waals surface area contributed by atoms with Gasteiger partial charge in [-0.15, -0.1) is 11.3 Å². The molecule has 0 amide bonds. The van der Waals surface area contributed by atoms with Crippen LogP contribution in [0.25, 0.3) is 37.7 Å². The summed E-state index contributed by atoms with van der Waals surface area (Å²) in [5, 5.41) is 15.2. The molecule has 0 radical (unpaired) electrons. The molecule has 0 saturated carbocycles. The van der Waals surface area contributed by atoms with E-state index in [1.54, 1.807) is 30.4 Å². The van der Waals surface area contributed by atoms with Crippen molar-refractivity contribution >= 4 is 38.6 Å². The number of nitro benzene ring substituents is 1. The van der Waals surface area contributed by atoms with Crippen LogP contribution in [0.15, 0.2) is 107 Å². The molecular weight excluding hydrogens is 522 g/mol. The van der Waals surface area contributed by atoms with Crippen molar-refractivity contribution in [3.05, 3.63) is 129 Å². The molecule has 196 valence electrons. The molecule has 0 saturated heterocycles. The number of nitrogens with zero attached hydrogens (tertiary/aromatic N) is 4. The van der Waals surface area contributed by atoms with Crippen LogP contribution < -0.4 is 5.56 Å². The number of aliphatic imine (C=N–C) groups is 1. The summed E-state index contributed by atoms with van der Waals surface area (Å²) in [6.45, 7) is 3.88. The Morgan fingerprint density at radius 3 is 2.38 bits per heavy atom. The predicted molar refractivity (Wildman–Crippen MR) is 160 cm³/mol. The van der Waals surface area contributed by atoms with Crippen molar-refractivity contribution in [3.8, 4) is 27.5 Å².